The van der Waals surface area contributed by atoms with Crippen LogP contribution in [0.4, 0.5) is 0 Å². The molecule has 0 heterocycles. The molecule has 5 heteroatoms. The fraction of sp³-hybridized carbons (Fsp3) is 0.875. The summed E-state index contributed by atoms with van der Waals surface area (Å²) in [6.07, 6.45) is 0. The highest BCUT2D eigenvalue weighted by molar-refractivity contribution is 5.76. The van der Waals surface area contributed by atoms with Crippen LogP contribution in [-0.2, 0) is 14.3 Å². The molecule has 0 aromatic carbocycles. The zero-order valence-electron chi connectivity index (χ0n) is 8.21. The van der Waals surface area contributed by atoms with Gasteiger partial charge in [-0.25, -0.2) is 5.84 Å². The second-order valence-corrected chi connectivity index (χ2v) is 3.09. The van der Waals surface area contributed by atoms with Crippen molar-refractivity contribution in [3.63, 3.8) is 0 Å². The minimum absolute atomic E-state index is 0.0124. The summed E-state index contributed by atoms with van der Waals surface area (Å²) in [7, 11) is 0. The average molecular weight is 190 g/mol. The first-order valence-corrected chi connectivity index (χ1v) is 4.31. The normalized spacial score (nSPS) is 10.5. The van der Waals surface area contributed by atoms with E-state index in [0.717, 1.165) is 0 Å². The number of hydrogen-bond acceptors (Lipinski definition) is 4. The lowest BCUT2D eigenvalue weighted by atomic mass is 10.2. The second-order valence-electron chi connectivity index (χ2n) is 3.09. The Bertz CT molecular complexity index is 139. The molecule has 78 valence electrons. The van der Waals surface area contributed by atoms with E-state index in [1.165, 1.54) is 0 Å². The van der Waals surface area contributed by atoms with Crippen LogP contribution in [-0.4, -0.2) is 32.3 Å². The van der Waals surface area contributed by atoms with Gasteiger partial charge in [-0.05, 0) is 5.92 Å². The van der Waals surface area contributed by atoms with Gasteiger partial charge in [0.2, 0.25) is 0 Å². The van der Waals surface area contributed by atoms with Gasteiger partial charge < -0.3 is 9.47 Å². The molecule has 0 saturated carbocycles. The summed E-state index contributed by atoms with van der Waals surface area (Å²) in [6.45, 7) is 5.77. The van der Waals surface area contributed by atoms with Crippen LogP contribution in [0.2, 0.25) is 0 Å². The van der Waals surface area contributed by atoms with Crippen LogP contribution in [0.25, 0.3) is 0 Å². The Kier molecular flexibility index (Phi) is 7.57. The summed E-state index contributed by atoms with van der Waals surface area (Å²) in [4.78, 5) is 10.6. The molecule has 13 heavy (non-hydrogen) atoms. The Morgan fingerprint density at radius 2 is 2.00 bits per heavy atom. The fourth-order valence-corrected chi connectivity index (χ4v) is 0.643. The van der Waals surface area contributed by atoms with E-state index in [0.29, 0.717) is 25.7 Å². The Hall–Kier alpha value is -0.650. The van der Waals surface area contributed by atoms with Crippen molar-refractivity contribution in [2.45, 2.75) is 13.8 Å². The van der Waals surface area contributed by atoms with Crippen molar-refractivity contribution in [2.75, 3.05) is 26.4 Å². The van der Waals surface area contributed by atoms with E-state index in [4.69, 9.17) is 15.3 Å². The molecule has 0 atom stereocenters. The number of rotatable bonds is 7. The molecule has 0 spiro atoms. The Balaban J connectivity index is 3.04. The molecule has 0 rings (SSSR count). The summed E-state index contributed by atoms with van der Waals surface area (Å²) in [5, 5.41) is 0. The van der Waals surface area contributed by atoms with Crippen LogP contribution < -0.4 is 11.3 Å². The van der Waals surface area contributed by atoms with Crippen LogP contribution in [0, 0.1) is 5.92 Å². The van der Waals surface area contributed by atoms with E-state index in [2.05, 4.69) is 13.8 Å². The number of hydrogen-bond donors (Lipinski definition) is 2. The van der Waals surface area contributed by atoms with Crippen LogP contribution in [0.3, 0.4) is 0 Å². The van der Waals surface area contributed by atoms with E-state index < -0.39 is 0 Å². The van der Waals surface area contributed by atoms with Crippen molar-refractivity contribution in [2.24, 2.45) is 11.8 Å². The van der Waals surface area contributed by atoms with E-state index in [-0.39, 0.29) is 12.5 Å². The monoisotopic (exact) mass is 190 g/mol. The van der Waals surface area contributed by atoms with Crippen LogP contribution in [0.5, 0.6) is 0 Å². The lowest BCUT2D eigenvalue weighted by Gasteiger charge is -2.06. The molecule has 5 nitrogen and oxygen atoms in total. The number of carbonyl (C=O) groups is 1. The highest BCUT2D eigenvalue weighted by Crippen LogP contribution is 1.91. The molecule has 3 N–H and O–H groups in total. The standard InChI is InChI=1S/C8H18N2O3/c1-7(2)5-12-3-4-13-6-8(11)10-9/h7H,3-6,9H2,1-2H3,(H,10,11). The maximum Gasteiger partial charge on any atom is 0.259 e. The average Bonchev–Trinajstić information content (AvgIpc) is 2.10. The topological polar surface area (TPSA) is 73.6 Å². The fourth-order valence-electron chi connectivity index (χ4n) is 0.643. The third-order valence-electron chi connectivity index (χ3n) is 1.22. The molecule has 0 saturated heterocycles. The van der Waals surface area contributed by atoms with Gasteiger partial charge in [0.25, 0.3) is 5.91 Å². The third kappa shape index (κ3) is 9.26. The summed E-state index contributed by atoms with van der Waals surface area (Å²) in [5.74, 6) is 5.03. The number of nitrogens with two attached hydrogens (primary N) is 1. The van der Waals surface area contributed by atoms with Crippen molar-refractivity contribution in [1.82, 2.24) is 5.43 Å². The first-order valence-electron chi connectivity index (χ1n) is 4.31. The summed E-state index contributed by atoms with van der Waals surface area (Å²) >= 11 is 0. The Labute approximate surface area is 78.5 Å². The highest BCUT2D eigenvalue weighted by atomic mass is 16.5. The van der Waals surface area contributed by atoms with Gasteiger partial charge in [0.1, 0.15) is 6.61 Å². The van der Waals surface area contributed by atoms with E-state index >= 15 is 0 Å². The SMILES string of the molecule is CC(C)COCCOCC(=O)NN. The minimum Gasteiger partial charge on any atom is -0.379 e. The minimum atomic E-state index is -0.330. The van der Waals surface area contributed by atoms with E-state index in [9.17, 15) is 4.79 Å². The first-order chi connectivity index (χ1) is 6.16. The molecule has 0 aromatic rings. The molecule has 0 aromatic heterocycles. The van der Waals surface area contributed by atoms with Gasteiger partial charge in [-0.3, -0.25) is 10.2 Å². The number of hydrazine groups is 1. The van der Waals surface area contributed by atoms with Gasteiger partial charge in [-0.1, -0.05) is 13.8 Å². The van der Waals surface area contributed by atoms with Crippen LogP contribution in [0.15, 0.2) is 0 Å². The van der Waals surface area contributed by atoms with Gasteiger partial charge in [-0.15, -0.1) is 0 Å². The summed E-state index contributed by atoms with van der Waals surface area (Å²) < 4.78 is 10.2. The molecule has 0 fully saturated rings. The highest BCUT2D eigenvalue weighted by Gasteiger charge is 1.97. The molecular weight excluding hydrogens is 172 g/mol. The van der Waals surface area contributed by atoms with Crippen molar-refractivity contribution in [3.05, 3.63) is 0 Å². The predicted molar refractivity (Wildman–Crippen MR) is 48.8 cm³/mol. The number of nitrogens with one attached hydrogen (secondary N) is 1. The van der Waals surface area contributed by atoms with Crippen molar-refractivity contribution >= 4 is 5.91 Å². The largest absolute Gasteiger partial charge is 0.379 e. The number of ether oxygens (including phenoxy) is 2. The first kappa shape index (κ1) is 12.3. The van der Waals surface area contributed by atoms with Crippen molar-refractivity contribution in [3.8, 4) is 0 Å². The number of carbonyl (C=O) groups excluding carboxylic acids is 1. The van der Waals surface area contributed by atoms with Crippen LogP contribution in [0.1, 0.15) is 13.8 Å². The van der Waals surface area contributed by atoms with Crippen LogP contribution >= 0.6 is 0 Å². The predicted octanol–water partition coefficient (Wildman–Crippen LogP) is -0.334. The lowest BCUT2D eigenvalue weighted by molar-refractivity contribution is -0.126. The van der Waals surface area contributed by atoms with E-state index in [1.54, 1.807) is 0 Å². The van der Waals surface area contributed by atoms with Gasteiger partial charge in [0.15, 0.2) is 0 Å². The lowest BCUT2D eigenvalue weighted by Crippen LogP contribution is -2.33. The van der Waals surface area contributed by atoms with Crippen molar-refractivity contribution < 1.29 is 14.3 Å². The van der Waals surface area contributed by atoms with Gasteiger partial charge in [0.05, 0.1) is 13.2 Å². The quantitative estimate of drug-likeness (QED) is 0.249. The van der Waals surface area contributed by atoms with E-state index in [1.807, 2.05) is 5.43 Å². The maximum absolute atomic E-state index is 10.6. The molecule has 0 radical (unpaired) electrons. The smallest absolute Gasteiger partial charge is 0.259 e. The summed E-state index contributed by atoms with van der Waals surface area (Å²) in [6, 6.07) is 0. The summed E-state index contributed by atoms with van der Waals surface area (Å²) in [5.41, 5.74) is 1.97. The van der Waals surface area contributed by atoms with Gasteiger partial charge >= 0.3 is 0 Å². The second kappa shape index (κ2) is 7.97. The van der Waals surface area contributed by atoms with Gasteiger partial charge in [0, 0.05) is 6.61 Å². The molecule has 0 aliphatic rings. The maximum atomic E-state index is 10.6. The Morgan fingerprint density at radius 3 is 2.54 bits per heavy atom. The third-order valence-corrected chi connectivity index (χ3v) is 1.22. The molecule has 1 amide bonds. The zero-order valence-corrected chi connectivity index (χ0v) is 8.21. The number of amides is 1. The molecule has 0 aliphatic carbocycles. The zero-order chi connectivity index (χ0) is 10.1. The molecule has 0 bridgehead atoms. The molecular formula is C8H18N2O3. The van der Waals surface area contributed by atoms with Crippen molar-refractivity contribution in [1.29, 1.82) is 0 Å². The van der Waals surface area contributed by atoms with Gasteiger partial charge in [-0.2, -0.15) is 0 Å². The molecule has 0 unspecified atom stereocenters. The Morgan fingerprint density at radius 1 is 1.38 bits per heavy atom. The molecule has 0 aliphatic heterocycles.